The molecule has 0 saturated carbocycles. The molecule has 3 aliphatic heterocycles. The maximum atomic E-state index is 13.8. The van der Waals surface area contributed by atoms with Crippen molar-refractivity contribution >= 4 is 39.3 Å². The number of amides is 3. The number of aliphatic imine (C=N–C) groups is 1. The zero-order valence-electron chi connectivity index (χ0n) is 18.7. The van der Waals surface area contributed by atoms with E-state index in [1.165, 1.54) is 0 Å². The van der Waals surface area contributed by atoms with Crippen LogP contribution in [0.1, 0.15) is 27.5 Å². The number of ether oxygens (including phenoxy) is 3. The number of methoxy groups -OCH3 is 1. The number of halogens is 1. The number of nitrogens with one attached hydrogen (secondary N) is 1. The molecule has 0 bridgehead atoms. The SMILES string of the molecule is COc1ccc(C2NC(=O)N=C3c4ccccc4N(C(=O)c4ccc5c(c4)OCO5)CC32)cc1Br. The second-order valence-electron chi connectivity index (χ2n) is 8.43. The molecular weight excluding hydrogens is 514 g/mol. The average Bonchev–Trinajstić information content (AvgIpc) is 3.35. The van der Waals surface area contributed by atoms with Gasteiger partial charge in [0.05, 0.1) is 29.0 Å². The lowest BCUT2D eigenvalue weighted by atomic mass is 9.81. The molecule has 6 rings (SSSR count). The fourth-order valence-electron chi connectivity index (χ4n) is 4.86. The fraction of sp³-hybridized carbons (Fsp3) is 0.192. The van der Waals surface area contributed by atoms with Crippen LogP contribution in [0.2, 0.25) is 0 Å². The van der Waals surface area contributed by atoms with E-state index in [9.17, 15) is 9.59 Å². The molecule has 8 nitrogen and oxygen atoms in total. The van der Waals surface area contributed by atoms with Crippen molar-refractivity contribution in [1.82, 2.24) is 5.32 Å². The minimum Gasteiger partial charge on any atom is -0.496 e. The third-order valence-electron chi connectivity index (χ3n) is 6.50. The Kier molecular flexibility index (Phi) is 5.21. The first kappa shape index (κ1) is 21.7. The van der Waals surface area contributed by atoms with Crippen LogP contribution >= 0.6 is 15.9 Å². The minimum atomic E-state index is -0.404. The zero-order chi connectivity index (χ0) is 24.1. The van der Waals surface area contributed by atoms with Crippen LogP contribution in [0.25, 0.3) is 0 Å². The third-order valence-corrected chi connectivity index (χ3v) is 7.12. The largest absolute Gasteiger partial charge is 0.496 e. The maximum Gasteiger partial charge on any atom is 0.341 e. The van der Waals surface area contributed by atoms with Crippen LogP contribution in [-0.4, -0.2) is 38.1 Å². The Morgan fingerprint density at radius 1 is 1.11 bits per heavy atom. The molecule has 0 saturated heterocycles. The lowest BCUT2D eigenvalue weighted by Gasteiger charge is -2.41. The molecule has 2 unspecified atom stereocenters. The Morgan fingerprint density at radius 3 is 2.77 bits per heavy atom. The van der Waals surface area contributed by atoms with E-state index in [0.717, 1.165) is 21.3 Å². The van der Waals surface area contributed by atoms with Crippen molar-refractivity contribution in [2.75, 3.05) is 25.3 Å². The summed E-state index contributed by atoms with van der Waals surface area (Å²) in [6.45, 7) is 0.484. The van der Waals surface area contributed by atoms with E-state index in [0.29, 0.717) is 35.1 Å². The second-order valence-corrected chi connectivity index (χ2v) is 9.28. The van der Waals surface area contributed by atoms with Crippen LogP contribution in [0.3, 0.4) is 0 Å². The quantitative estimate of drug-likeness (QED) is 0.526. The second kappa shape index (κ2) is 8.42. The Labute approximate surface area is 209 Å². The first-order chi connectivity index (χ1) is 17.0. The summed E-state index contributed by atoms with van der Waals surface area (Å²) in [6.07, 6.45) is 0. The van der Waals surface area contributed by atoms with Gasteiger partial charge in [-0.25, -0.2) is 4.79 Å². The van der Waals surface area contributed by atoms with Gasteiger partial charge in [0.2, 0.25) is 6.79 Å². The highest BCUT2D eigenvalue weighted by molar-refractivity contribution is 9.10. The number of carbonyl (C=O) groups excluding carboxylic acids is 2. The predicted octanol–water partition coefficient (Wildman–Crippen LogP) is 4.72. The van der Waals surface area contributed by atoms with Gasteiger partial charge < -0.3 is 24.4 Å². The molecule has 3 aromatic carbocycles. The normalized spacial score (nSPS) is 19.9. The molecule has 3 aliphatic rings. The van der Waals surface area contributed by atoms with Crippen LogP contribution < -0.4 is 24.4 Å². The topological polar surface area (TPSA) is 89.5 Å². The third kappa shape index (κ3) is 3.63. The molecule has 2 atom stereocenters. The molecule has 3 aromatic rings. The van der Waals surface area contributed by atoms with Gasteiger partial charge >= 0.3 is 6.03 Å². The maximum absolute atomic E-state index is 13.8. The molecule has 176 valence electrons. The first-order valence-corrected chi connectivity index (χ1v) is 11.9. The summed E-state index contributed by atoms with van der Waals surface area (Å²) in [7, 11) is 1.60. The number of urea groups is 1. The molecule has 0 spiro atoms. The molecule has 1 N–H and O–H groups in total. The molecule has 0 aromatic heterocycles. The van der Waals surface area contributed by atoms with Crippen molar-refractivity contribution in [2.24, 2.45) is 10.9 Å². The van der Waals surface area contributed by atoms with Crippen molar-refractivity contribution < 1.29 is 23.8 Å². The van der Waals surface area contributed by atoms with Crippen molar-refractivity contribution in [3.63, 3.8) is 0 Å². The number of benzene rings is 3. The minimum absolute atomic E-state index is 0.139. The van der Waals surface area contributed by atoms with E-state index in [2.05, 4.69) is 26.2 Å². The molecule has 0 fully saturated rings. The number of nitrogens with zero attached hydrogens (tertiary/aromatic N) is 2. The number of hydrogen-bond acceptors (Lipinski definition) is 5. The van der Waals surface area contributed by atoms with E-state index < -0.39 is 6.03 Å². The van der Waals surface area contributed by atoms with Gasteiger partial charge in [0, 0.05) is 23.6 Å². The average molecular weight is 534 g/mol. The van der Waals surface area contributed by atoms with E-state index in [-0.39, 0.29) is 24.7 Å². The number of para-hydroxylation sites is 1. The van der Waals surface area contributed by atoms with Gasteiger partial charge in [-0.3, -0.25) is 4.79 Å². The van der Waals surface area contributed by atoms with Crippen LogP contribution in [0.4, 0.5) is 10.5 Å². The number of fused-ring (bicyclic) bond motifs is 4. The Morgan fingerprint density at radius 2 is 1.94 bits per heavy atom. The Balaban J connectivity index is 1.43. The monoisotopic (exact) mass is 533 g/mol. The van der Waals surface area contributed by atoms with E-state index in [1.54, 1.807) is 30.2 Å². The zero-order valence-corrected chi connectivity index (χ0v) is 20.2. The Bertz CT molecular complexity index is 1410. The first-order valence-electron chi connectivity index (χ1n) is 11.1. The lowest BCUT2D eigenvalue weighted by Crippen LogP contribution is -2.51. The number of hydrogen-bond donors (Lipinski definition) is 1. The smallest absolute Gasteiger partial charge is 0.341 e. The lowest BCUT2D eigenvalue weighted by molar-refractivity contribution is 0.0982. The molecule has 9 heteroatoms. The highest BCUT2D eigenvalue weighted by atomic mass is 79.9. The van der Waals surface area contributed by atoms with Crippen molar-refractivity contribution in [3.05, 3.63) is 81.8 Å². The van der Waals surface area contributed by atoms with E-state index >= 15 is 0 Å². The fourth-order valence-corrected chi connectivity index (χ4v) is 5.42. The number of rotatable bonds is 3. The van der Waals surface area contributed by atoms with Gasteiger partial charge in [-0.1, -0.05) is 24.3 Å². The van der Waals surface area contributed by atoms with Crippen molar-refractivity contribution in [1.29, 1.82) is 0 Å². The molecule has 0 aliphatic carbocycles. The van der Waals surface area contributed by atoms with Crippen LogP contribution in [0.15, 0.2) is 70.1 Å². The predicted molar refractivity (Wildman–Crippen MR) is 133 cm³/mol. The molecule has 0 radical (unpaired) electrons. The van der Waals surface area contributed by atoms with Gasteiger partial charge in [-0.2, -0.15) is 4.99 Å². The highest BCUT2D eigenvalue weighted by Gasteiger charge is 2.42. The summed E-state index contributed by atoms with van der Waals surface area (Å²) in [5.41, 5.74) is 3.54. The number of anilines is 1. The molecule has 3 heterocycles. The molecule has 35 heavy (non-hydrogen) atoms. The van der Waals surface area contributed by atoms with Crippen molar-refractivity contribution in [3.8, 4) is 17.2 Å². The standard InChI is InChI=1S/C26H20BrN3O5/c1-33-20-8-6-14(10-18(20)27)23-17-12-30(25(31)15-7-9-21-22(11-15)35-13-34-21)19-5-3-2-4-16(19)24(17)29-26(32)28-23/h2-11,17,23H,12-13H2,1H3,(H,28,32). The van der Waals surface area contributed by atoms with Crippen molar-refractivity contribution in [2.45, 2.75) is 6.04 Å². The van der Waals surface area contributed by atoms with Gasteiger partial charge in [0.25, 0.3) is 5.91 Å². The molecular formula is C26H20BrN3O5. The summed E-state index contributed by atoms with van der Waals surface area (Å²) in [5, 5.41) is 3.00. The van der Waals surface area contributed by atoms with Gasteiger partial charge in [0.1, 0.15) is 5.75 Å². The number of carbonyl (C=O) groups is 2. The van der Waals surface area contributed by atoms with Gasteiger partial charge in [-0.15, -0.1) is 0 Å². The Hall–Kier alpha value is -3.85. The summed E-state index contributed by atoms with van der Waals surface area (Å²) in [4.78, 5) is 32.5. The highest BCUT2D eigenvalue weighted by Crippen LogP contribution is 2.41. The van der Waals surface area contributed by atoms with Crippen LogP contribution in [-0.2, 0) is 0 Å². The molecule has 3 amide bonds. The summed E-state index contributed by atoms with van der Waals surface area (Å²) in [5.74, 6) is 1.45. The van der Waals surface area contributed by atoms with Gasteiger partial charge in [0.15, 0.2) is 11.5 Å². The van der Waals surface area contributed by atoms with E-state index in [1.807, 2.05) is 42.5 Å². The van der Waals surface area contributed by atoms with Crippen LogP contribution in [0.5, 0.6) is 17.2 Å². The van der Waals surface area contributed by atoms with Gasteiger partial charge in [-0.05, 0) is 57.9 Å². The summed E-state index contributed by atoms with van der Waals surface area (Å²) >= 11 is 3.54. The van der Waals surface area contributed by atoms with Crippen LogP contribution in [0, 0.1) is 5.92 Å². The summed E-state index contributed by atoms with van der Waals surface area (Å²) in [6, 6.07) is 17.7. The summed E-state index contributed by atoms with van der Waals surface area (Å²) < 4.78 is 17.0. The van der Waals surface area contributed by atoms with E-state index in [4.69, 9.17) is 14.2 Å².